The first-order chi connectivity index (χ1) is 8.11. The first-order valence-corrected chi connectivity index (χ1v) is 6.14. The molecule has 2 N–H and O–H groups in total. The highest BCUT2D eigenvalue weighted by Gasteiger charge is 2.31. The van der Waals surface area contributed by atoms with Crippen LogP contribution in [-0.4, -0.2) is 25.4 Å². The topological polar surface area (TPSA) is 44.5 Å². The zero-order valence-electron chi connectivity index (χ0n) is 10.6. The summed E-state index contributed by atoms with van der Waals surface area (Å²) in [5.74, 6) is 0.889. The van der Waals surface area contributed by atoms with E-state index in [4.69, 9.17) is 15.2 Å². The molecule has 0 aliphatic carbocycles. The van der Waals surface area contributed by atoms with Gasteiger partial charge in [-0.2, -0.15) is 0 Å². The molecule has 0 radical (unpaired) electrons. The number of methoxy groups -OCH3 is 1. The lowest BCUT2D eigenvalue weighted by molar-refractivity contribution is -0.0706. The Kier molecular flexibility index (Phi) is 3.69. The molecule has 0 bridgehead atoms. The van der Waals surface area contributed by atoms with E-state index in [1.807, 2.05) is 12.1 Å². The van der Waals surface area contributed by atoms with E-state index in [0.29, 0.717) is 0 Å². The summed E-state index contributed by atoms with van der Waals surface area (Å²) >= 11 is 0. The Bertz CT molecular complexity index is 363. The fourth-order valence-corrected chi connectivity index (χ4v) is 2.47. The minimum absolute atomic E-state index is 0.119. The maximum absolute atomic E-state index is 6.01. The largest absolute Gasteiger partial charge is 0.497 e. The highest BCUT2D eigenvalue weighted by atomic mass is 16.5. The average Bonchev–Trinajstić information content (AvgIpc) is 2.29. The number of hydrogen-bond acceptors (Lipinski definition) is 3. The first-order valence-electron chi connectivity index (χ1n) is 6.14. The molecule has 0 amide bonds. The van der Waals surface area contributed by atoms with Gasteiger partial charge in [0.15, 0.2) is 0 Å². The number of ether oxygens (including phenoxy) is 2. The Balaban J connectivity index is 2.03. The van der Waals surface area contributed by atoms with Gasteiger partial charge in [-0.3, -0.25) is 0 Å². The normalized spacial score (nSPS) is 29.0. The van der Waals surface area contributed by atoms with Crippen LogP contribution in [0.4, 0.5) is 0 Å². The molecule has 0 aromatic heterocycles. The van der Waals surface area contributed by atoms with Crippen LogP contribution in [0, 0.1) is 0 Å². The highest BCUT2D eigenvalue weighted by molar-refractivity contribution is 5.28. The second-order valence-electron chi connectivity index (χ2n) is 5.08. The fraction of sp³-hybridized carbons (Fsp3) is 0.571. The van der Waals surface area contributed by atoms with E-state index in [9.17, 15) is 0 Å². The lowest BCUT2D eigenvalue weighted by atomic mass is 9.87. The van der Waals surface area contributed by atoms with E-state index in [1.165, 1.54) is 5.56 Å². The third-order valence-corrected chi connectivity index (χ3v) is 3.37. The van der Waals surface area contributed by atoms with Crippen molar-refractivity contribution in [3.05, 3.63) is 29.8 Å². The molecule has 1 saturated heterocycles. The lowest BCUT2D eigenvalue weighted by Crippen LogP contribution is -2.44. The van der Waals surface area contributed by atoms with Crippen molar-refractivity contribution in [2.45, 2.75) is 37.8 Å². The van der Waals surface area contributed by atoms with Crippen LogP contribution in [0.3, 0.4) is 0 Å². The molecule has 0 saturated carbocycles. The second kappa shape index (κ2) is 5.07. The van der Waals surface area contributed by atoms with Gasteiger partial charge in [-0.1, -0.05) is 12.1 Å². The number of rotatable bonds is 3. The van der Waals surface area contributed by atoms with Crippen LogP contribution in [0.2, 0.25) is 0 Å². The predicted octanol–water partition coefficient (Wildman–Crippen LogP) is 2.13. The van der Waals surface area contributed by atoms with Gasteiger partial charge in [0, 0.05) is 19.1 Å². The summed E-state index contributed by atoms with van der Waals surface area (Å²) in [5, 5.41) is 0. The van der Waals surface area contributed by atoms with E-state index >= 15 is 0 Å². The van der Waals surface area contributed by atoms with Gasteiger partial charge in [0.2, 0.25) is 0 Å². The van der Waals surface area contributed by atoms with Gasteiger partial charge < -0.3 is 15.2 Å². The van der Waals surface area contributed by atoms with E-state index in [2.05, 4.69) is 19.1 Å². The standard InChI is InChI=1S/C14H21NO2/c1-14(10-12(15)7-8-17-14)9-11-3-5-13(16-2)6-4-11/h3-6,12H,7-10,15H2,1-2H3. The van der Waals surface area contributed by atoms with Crippen molar-refractivity contribution >= 4 is 0 Å². The summed E-state index contributed by atoms with van der Waals surface area (Å²) in [5.41, 5.74) is 7.16. The molecule has 1 aliphatic rings. The Morgan fingerprint density at radius 3 is 2.71 bits per heavy atom. The zero-order valence-corrected chi connectivity index (χ0v) is 10.6. The van der Waals surface area contributed by atoms with E-state index in [1.54, 1.807) is 7.11 Å². The van der Waals surface area contributed by atoms with Gasteiger partial charge in [0.1, 0.15) is 5.75 Å². The molecule has 3 heteroatoms. The van der Waals surface area contributed by atoms with Crippen LogP contribution in [-0.2, 0) is 11.2 Å². The van der Waals surface area contributed by atoms with Crippen LogP contribution in [0.25, 0.3) is 0 Å². The monoisotopic (exact) mass is 235 g/mol. The van der Waals surface area contributed by atoms with Crippen molar-refractivity contribution in [2.24, 2.45) is 5.73 Å². The summed E-state index contributed by atoms with van der Waals surface area (Å²) < 4.78 is 11.0. The minimum Gasteiger partial charge on any atom is -0.497 e. The van der Waals surface area contributed by atoms with Crippen LogP contribution in [0.1, 0.15) is 25.3 Å². The molecule has 1 fully saturated rings. The van der Waals surface area contributed by atoms with Crippen molar-refractivity contribution in [2.75, 3.05) is 13.7 Å². The van der Waals surface area contributed by atoms with E-state index in [0.717, 1.165) is 31.6 Å². The molecule has 1 heterocycles. The Morgan fingerprint density at radius 2 is 2.12 bits per heavy atom. The molecule has 94 valence electrons. The molecule has 1 aliphatic heterocycles. The average molecular weight is 235 g/mol. The fourth-order valence-electron chi connectivity index (χ4n) is 2.47. The van der Waals surface area contributed by atoms with Crippen LogP contribution < -0.4 is 10.5 Å². The molecular formula is C14H21NO2. The zero-order chi connectivity index (χ0) is 12.3. The first kappa shape index (κ1) is 12.4. The number of nitrogens with two attached hydrogens (primary N) is 1. The number of benzene rings is 1. The summed E-state index contributed by atoms with van der Waals surface area (Å²) in [4.78, 5) is 0. The van der Waals surface area contributed by atoms with Gasteiger partial charge in [-0.25, -0.2) is 0 Å². The highest BCUT2D eigenvalue weighted by Crippen LogP contribution is 2.28. The van der Waals surface area contributed by atoms with Crippen LogP contribution >= 0.6 is 0 Å². The smallest absolute Gasteiger partial charge is 0.118 e. The van der Waals surface area contributed by atoms with Gasteiger partial charge in [-0.05, 0) is 37.5 Å². The van der Waals surface area contributed by atoms with Crippen molar-refractivity contribution in [1.29, 1.82) is 0 Å². The Morgan fingerprint density at radius 1 is 1.41 bits per heavy atom. The Labute approximate surface area is 103 Å². The van der Waals surface area contributed by atoms with Crippen molar-refractivity contribution in [1.82, 2.24) is 0 Å². The minimum atomic E-state index is -0.119. The van der Waals surface area contributed by atoms with E-state index in [-0.39, 0.29) is 11.6 Å². The van der Waals surface area contributed by atoms with Crippen LogP contribution in [0.15, 0.2) is 24.3 Å². The summed E-state index contributed by atoms with van der Waals surface area (Å²) in [6, 6.07) is 8.43. The number of hydrogen-bond donors (Lipinski definition) is 1. The SMILES string of the molecule is COc1ccc(CC2(C)CC(N)CCO2)cc1. The van der Waals surface area contributed by atoms with Gasteiger partial charge in [0.05, 0.1) is 12.7 Å². The third-order valence-electron chi connectivity index (χ3n) is 3.37. The molecule has 3 nitrogen and oxygen atoms in total. The molecule has 1 aromatic carbocycles. The summed E-state index contributed by atoms with van der Waals surface area (Å²) in [6.45, 7) is 2.92. The molecule has 1 aromatic rings. The van der Waals surface area contributed by atoms with Crippen molar-refractivity contribution in [3.8, 4) is 5.75 Å². The molecular weight excluding hydrogens is 214 g/mol. The van der Waals surface area contributed by atoms with E-state index < -0.39 is 0 Å². The van der Waals surface area contributed by atoms with Crippen molar-refractivity contribution < 1.29 is 9.47 Å². The Hall–Kier alpha value is -1.06. The maximum Gasteiger partial charge on any atom is 0.118 e. The quantitative estimate of drug-likeness (QED) is 0.873. The van der Waals surface area contributed by atoms with Gasteiger partial charge >= 0.3 is 0 Å². The van der Waals surface area contributed by atoms with Gasteiger partial charge in [-0.15, -0.1) is 0 Å². The van der Waals surface area contributed by atoms with Crippen molar-refractivity contribution in [3.63, 3.8) is 0 Å². The molecule has 17 heavy (non-hydrogen) atoms. The lowest BCUT2D eigenvalue weighted by Gasteiger charge is -2.37. The molecule has 2 unspecified atom stereocenters. The summed E-state index contributed by atoms with van der Waals surface area (Å²) in [7, 11) is 1.68. The molecule has 2 rings (SSSR count). The second-order valence-corrected chi connectivity index (χ2v) is 5.08. The maximum atomic E-state index is 6.01. The van der Waals surface area contributed by atoms with Crippen LogP contribution in [0.5, 0.6) is 5.75 Å². The third kappa shape index (κ3) is 3.20. The molecule has 2 atom stereocenters. The van der Waals surface area contributed by atoms with Gasteiger partial charge in [0.25, 0.3) is 0 Å². The predicted molar refractivity (Wildman–Crippen MR) is 68.3 cm³/mol. The molecule has 0 spiro atoms. The summed E-state index contributed by atoms with van der Waals surface area (Å²) in [6.07, 6.45) is 2.81.